The molecule has 2 heterocycles. The van der Waals surface area contributed by atoms with Gasteiger partial charge in [-0.05, 0) is 23.1 Å². The third-order valence-electron chi connectivity index (χ3n) is 3.90. The third kappa shape index (κ3) is 1.98. The van der Waals surface area contributed by atoms with E-state index in [-0.39, 0.29) is 5.25 Å². The summed E-state index contributed by atoms with van der Waals surface area (Å²) in [5.41, 5.74) is 5.26. The lowest BCUT2D eigenvalue weighted by Gasteiger charge is -2.27. The van der Waals surface area contributed by atoms with Crippen LogP contribution in [0.1, 0.15) is 28.9 Å². The number of para-hydroxylation sites is 1. The van der Waals surface area contributed by atoms with Crippen molar-refractivity contribution in [2.45, 2.75) is 23.8 Å². The number of nitrogens with zero attached hydrogens (tertiary/aromatic N) is 3. The van der Waals surface area contributed by atoms with E-state index in [1.54, 1.807) is 11.8 Å². The fourth-order valence-corrected chi connectivity index (χ4v) is 4.07. The lowest BCUT2D eigenvalue weighted by molar-refractivity contribution is 0.833. The number of hydrogen-bond acceptors (Lipinski definition) is 3. The molecule has 0 N–H and O–H groups in total. The number of rotatable bonds is 2. The van der Waals surface area contributed by atoms with E-state index in [1.807, 2.05) is 6.33 Å². The van der Waals surface area contributed by atoms with Crippen molar-refractivity contribution in [2.24, 2.45) is 0 Å². The van der Waals surface area contributed by atoms with Crippen LogP contribution in [0.4, 0.5) is 0 Å². The Labute approximate surface area is 128 Å². The van der Waals surface area contributed by atoms with Crippen LogP contribution in [0, 0.1) is 0 Å². The van der Waals surface area contributed by atoms with Crippen LogP contribution >= 0.6 is 11.8 Å². The summed E-state index contributed by atoms with van der Waals surface area (Å²) in [4.78, 5) is 0. The molecule has 0 saturated carbocycles. The van der Waals surface area contributed by atoms with Gasteiger partial charge in [0.25, 0.3) is 0 Å². The molecular weight excluding hydrogens is 278 g/mol. The van der Waals surface area contributed by atoms with E-state index in [9.17, 15) is 0 Å². The van der Waals surface area contributed by atoms with Crippen LogP contribution in [-0.4, -0.2) is 14.8 Å². The first-order valence-electron chi connectivity index (χ1n) is 7.12. The molecule has 0 spiro atoms. The quantitative estimate of drug-likeness (QED) is 0.715. The Kier molecular flexibility index (Phi) is 3.04. The van der Waals surface area contributed by atoms with Gasteiger partial charge in [0.05, 0.1) is 10.9 Å². The van der Waals surface area contributed by atoms with Crippen molar-refractivity contribution in [1.82, 2.24) is 14.8 Å². The molecule has 3 aromatic rings. The number of benzene rings is 2. The molecule has 1 aliphatic heterocycles. The maximum absolute atomic E-state index is 4.28. The van der Waals surface area contributed by atoms with Crippen LogP contribution < -0.4 is 0 Å². The minimum absolute atomic E-state index is 0.282. The van der Waals surface area contributed by atoms with Crippen molar-refractivity contribution in [1.29, 1.82) is 0 Å². The van der Waals surface area contributed by atoms with E-state index in [0.29, 0.717) is 0 Å². The second-order valence-corrected chi connectivity index (χ2v) is 6.17. The smallest absolute Gasteiger partial charge is 0.196 e. The minimum atomic E-state index is 0.282. The standard InChI is InChI=1S/C17H15N3S/c1-2-12-9-6-10-14-15(12)20-11-18-19-17(20)21-16(14)13-7-4-3-5-8-13/h3-11,16H,2H2,1H3. The maximum atomic E-state index is 4.28. The summed E-state index contributed by atoms with van der Waals surface area (Å²) < 4.78 is 2.12. The summed E-state index contributed by atoms with van der Waals surface area (Å²) in [5.74, 6) is 0. The third-order valence-corrected chi connectivity index (χ3v) is 5.15. The Hall–Kier alpha value is -2.07. The van der Waals surface area contributed by atoms with E-state index in [4.69, 9.17) is 0 Å². The van der Waals surface area contributed by atoms with Gasteiger partial charge in [0.15, 0.2) is 5.16 Å². The van der Waals surface area contributed by atoms with Gasteiger partial charge in [0.1, 0.15) is 6.33 Å². The van der Waals surface area contributed by atoms with Crippen molar-refractivity contribution in [2.75, 3.05) is 0 Å². The molecule has 1 unspecified atom stereocenters. The number of hydrogen-bond donors (Lipinski definition) is 0. The lowest BCUT2D eigenvalue weighted by Crippen LogP contribution is -2.13. The zero-order chi connectivity index (χ0) is 14.2. The van der Waals surface area contributed by atoms with Gasteiger partial charge in [0.2, 0.25) is 0 Å². The molecule has 1 aliphatic rings. The molecule has 0 amide bonds. The molecular formula is C17H15N3S. The molecule has 0 radical (unpaired) electrons. The van der Waals surface area contributed by atoms with Gasteiger partial charge in [-0.1, -0.05) is 67.2 Å². The average molecular weight is 293 g/mol. The van der Waals surface area contributed by atoms with E-state index in [2.05, 4.69) is 70.2 Å². The predicted molar refractivity (Wildman–Crippen MR) is 84.9 cm³/mol. The number of aromatic nitrogens is 3. The highest BCUT2D eigenvalue weighted by molar-refractivity contribution is 7.99. The molecule has 21 heavy (non-hydrogen) atoms. The Morgan fingerprint density at radius 3 is 2.76 bits per heavy atom. The van der Waals surface area contributed by atoms with E-state index >= 15 is 0 Å². The highest BCUT2D eigenvalue weighted by Crippen LogP contribution is 2.47. The molecule has 104 valence electrons. The fraction of sp³-hybridized carbons (Fsp3) is 0.176. The second-order valence-electron chi connectivity index (χ2n) is 5.10. The summed E-state index contributed by atoms with van der Waals surface area (Å²) in [7, 11) is 0. The van der Waals surface area contributed by atoms with Crippen molar-refractivity contribution in [3.8, 4) is 5.69 Å². The first-order valence-corrected chi connectivity index (χ1v) is 8.00. The van der Waals surface area contributed by atoms with Crippen LogP contribution in [0.15, 0.2) is 60.0 Å². The van der Waals surface area contributed by atoms with Gasteiger partial charge in [0, 0.05) is 0 Å². The van der Waals surface area contributed by atoms with E-state index in [0.717, 1.165) is 11.6 Å². The second kappa shape index (κ2) is 5.04. The summed E-state index contributed by atoms with van der Waals surface area (Å²) in [5, 5.41) is 9.63. The van der Waals surface area contributed by atoms with Gasteiger partial charge in [-0.2, -0.15) is 0 Å². The maximum Gasteiger partial charge on any atom is 0.196 e. The van der Waals surface area contributed by atoms with Gasteiger partial charge in [-0.3, -0.25) is 4.57 Å². The molecule has 4 rings (SSSR count). The van der Waals surface area contributed by atoms with Crippen LogP contribution in [0.3, 0.4) is 0 Å². The Bertz CT molecular complexity index is 780. The molecule has 0 bridgehead atoms. The van der Waals surface area contributed by atoms with E-state index < -0.39 is 0 Å². The van der Waals surface area contributed by atoms with Crippen LogP contribution in [-0.2, 0) is 6.42 Å². The normalized spacial score (nSPS) is 16.3. The Balaban J connectivity index is 1.96. The first kappa shape index (κ1) is 12.7. The van der Waals surface area contributed by atoms with Crippen molar-refractivity contribution >= 4 is 11.8 Å². The van der Waals surface area contributed by atoms with Crippen molar-refractivity contribution < 1.29 is 0 Å². The average Bonchev–Trinajstić information content (AvgIpc) is 3.02. The van der Waals surface area contributed by atoms with E-state index in [1.165, 1.54) is 22.4 Å². The number of thioether (sulfide) groups is 1. The summed E-state index contributed by atoms with van der Waals surface area (Å²) >= 11 is 1.77. The zero-order valence-electron chi connectivity index (χ0n) is 11.7. The summed E-state index contributed by atoms with van der Waals surface area (Å²) in [6, 6.07) is 17.2. The molecule has 0 aliphatic carbocycles. The number of fused-ring (bicyclic) bond motifs is 3. The SMILES string of the molecule is CCc1cccc2c1-n1cnnc1SC2c1ccccc1. The van der Waals surface area contributed by atoms with Crippen LogP contribution in [0.5, 0.6) is 0 Å². The van der Waals surface area contributed by atoms with Crippen LogP contribution in [0.25, 0.3) is 5.69 Å². The molecule has 0 fully saturated rings. The molecule has 1 aromatic heterocycles. The molecule has 3 nitrogen and oxygen atoms in total. The van der Waals surface area contributed by atoms with Gasteiger partial charge >= 0.3 is 0 Å². The van der Waals surface area contributed by atoms with Gasteiger partial charge < -0.3 is 0 Å². The van der Waals surface area contributed by atoms with Crippen LogP contribution in [0.2, 0.25) is 0 Å². The first-order chi connectivity index (χ1) is 10.4. The lowest BCUT2D eigenvalue weighted by atomic mass is 9.98. The topological polar surface area (TPSA) is 30.7 Å². The fourth-order valence-electron chi connectivity index (χ4n) is 2.90. The summed E-state index contributed by atoms with van der Waals surface area (Å²) in [6.45, 7) is 2.19. The Morgan fingerprint density at radius 2 is 1.95 bits per heavy atom. The largest absolute Gasteiger partial charge is 0.276 e. The highest BCUT2D eigenvalue weighted by Gasteiger charge is 2.29. The van der Waals surface area contributed by atoms with Crippen molar-refractivity contribution in [3.05, 3.63) is 71.5 Å². The Morgan fingerprint density at radius 1 is 1.10 bits per heavy atom. The minimum Gasteiger partial charge on any atom is -0.276 e. The predicted octanol–water partition coefficient (Wildman–Crippen LogP) is 4.02. The molecule has 0 saturated heterocycles. The number of aryl methyl sites for hydroxylation is 1. The van der Waals surface area contributed by atoms with Gasteiger partial charge in [-0.15, -0.1) is 10.2 Å². The molecule has 2 aromatic carbocycles. The molecule has 1 atom stereocenters. The molecule has 4 heteroatoms. The van der Waals surface area contributed by atoms with Gasteiger partial charge in [-0.25, -0.2) is 0 Å². The monoisotopic (exact) mass is 293 g/mol. The zero-order valence-corrected chi connectivity index (χ0v) is 12.5. The van der Waals surface area contributed by atoms with Crippen molar-refractivity contribution in [3.63, 3.8) is 0 Å². The summed E-state index contributed by atoms with van der Waals surface area (Å²) in [6.07, 6.45) is 2.83. The highest BCUT2D eigenvalue weighted by atomic mass is 32.2.